The predicted molar refractivity (Wildman–Crippen MR) is 115 cm³/mol. The van der Waals surface area contributed by atoms with Crippen LogP contribution < -0.4 is 10.1 Å². The van der Waals surface area contributed by atoms with Gasteiger partial charge < -0.3 is 15.0 Å². The zero-order valence-electron chi connectivity index (χ0n) is 17.3. The molecule has 29 heavy (non-hydrogen) atoms. The number of benzene rings is 2. The van der Waals surface area contributed by atoms with Crippen LogP contribution in [0, 0.1) is 0 Å². The topological polar surface area (TPSA) is 58.6 Å². The highest BCUT2D eigenvalue weighted by atomic mass is 16.5. The van der Waals surface area contributed by atoms with E-state index in [9.17, 15) is 9.59 Å². The molecule has 0 unspecified atom stereocenters. The molecule has 1 N–H and O–H groups in total. The van der Waals surface area contributed by atoms with Crippen LogP contribution in [0.3, 0.4) is 0 Å². The van der Waals surface area contributed by atoms with Crippen LogP contribution in [0.2, 0.25) is 0 Å². The van der Waals surface area contributed by atoms with Crippen molar-refractivity contribution in [1.82, 2.24) is 4.90 Å². The molecule has 2 amide bonds. The van der Waals surface area contributed by atoms with Crippen molar-refractivity contribution in [2.24, 2.45) is 0 Å². The van der Waals surface area contributed by atoms with E-state index in [2.05, 4.69) is 12.2 Å². The van der Waals surface area contributed by atoms with Gasteiger partial charge in [-0.2, -0.15) is 0 Å². The van der Waals surface area contributed by atoms with Gasteiger partial charge in [0.05, 0.1) is 0 Å². The first-order valence-corrected chi connectivity index (χ1v) is 10.5. The van der Waals surface area contributed by atoms with Crippen molar-refractivity contribution in [3.8, 4) is 5.75 Å². The Morgan fingerprint density at radius 1 is 1.03 bits per heavy atom. The van der Waals surface area contributed by atoms with Gasteiger partial charge in [-0.05, 0) is 55.2 Å². The van der Waals surface area contributed by atoms with Crippen molar-refractivity contribution in [3.05, 3.63) is 59.7 Å². The van der Waals surface area contributed by atoms with Crippen molar-refractivity contribution >= 4 is 17.5 Å². The van der Waals surface area contributed by atoms with E-state index in [1.54, 1.807) is 24.3 Å². The molecule has 1 saturated carbocycles. The zero-order valence-corrected chi connectivity index (χ0v) is 17.3. The molecule has 0 aromatic heterocycles. The number of nitrogens with zero attached hydrogens (tertiary/aromatic N) is 1. The Morgan fingerprint density at radius 3 is 2.41 bits per heavy atom. The van der Waals surface area contributed by atoms with E-state index in [0.29, 0.717) is 17.3 Å². The quantitative estimate of drug-likeness (QED) is 0.742. The summed E-state index contributed by atoms with van der Waals surface area (Å²) in [6, 6.07) is 15.1. The number of hydrogen-bond acceptors (Lipinski definition) is 3. The molecule has 1 fully saturated rings. The molecule has 0 atom stereocenters. The van der Waals surface area contributed by atoms with E-state index in [4.69, 9.17) is 4.74 Å². The smallest absolute Gasteiger partial charge is 0.262 e. The number of amides is 2. The average Bonchev–Trinajstić information content (AvgIpc) is 2.78. The molecule has 0 aliphatic heterocycles. The van der Waals surface area contributed by atoms with Crippen LogP contribution in [-0.2, 0) is 11.2 Å². The highest BCUT2D eigenvalue weighted by Gasteiger charge is 2.22. The molecule has 5 nitrogen and oxygen atoms in total. The highest BCUT2D eigenvalue weighted by molar-refractivity contribution is 5.96. The fourth-order valence-electron chi connectivity index (χ4n) is 3.81. The standard InChI is InChI=1S/C24H30N2O3/c1-3-18-9-7-8-12-22(18)29-17-23(27)25-20-15-13-19(14-16-20)24(28)26(2)21-10-5-4-6-11-21/h7-9,12-16,21H,3-6,10-11,17H2,1-2H3,(H,25,27). The minimum absolute atomic E-state index is 0.0364. The Kier molecular flexibility index (Phi) is 7.28. The molecule has 0 spiro atoms. The zero-order chi connectivity index (χ0) is 20.6. The lowest BCUT2D eigenvalue weighted by molar-refractivity contribution is -0.118. The van der Waals surface area contributed by atoms with Crippen LogP contribution in [-0.4, -0.2) is 36.4 Å². The number of aryl methyl sites for hydroxylation is 1. The number of rotatable bonds is 7. The van der Waals surface area contributed by atoms with Gasteiger partial charge in [-0.25, -0.2) is 0 Å². The average molecular weight is 395 g/mol. The summed E-state index contributed by atoms with van der Waals surface area (Å²) in [5, 5.41) is 2.82. The van der Waals surface area contributed by atoms with Crippen LogP contribution in [0.5, 0.6) is 5.75 Å². The molecule has 0 bridgehead atoms. The van der Waals surface area contributed by atoms with Gasteiger partial charge in [-0.15, -0.1) is 0 Å². The largest absolute Gasteiger partial charge is 0.483 e. The summed E-state index contributed by atoms with van der Waals surface area (Å²) in [4.78, 5) is 26.8. The fraction of sp³-hybridized carbons (Fsp3) is 0.417. The van der Waals surface area contributed by atoms with Gasteiger partial charge in [0.15, 0.2) is 6.61 Å². The number of carbonyl (C=O) groups is 2. The van der Waals surface area contributed by atoms with Gasteiger partial charge in [0.1, 0.15) is 5.75 Å². The third-order valence-electron chi connectivity index (χ3n) is 5.57. The second-order valence-electron chi connectivity index (χ2n) is 7.58. The monoisotopic (exact) mass is 394 g/mol. The SMILES string of the molecule is CCc1ccccc1OCC(=O)Nc1ccc(C(=O)N(C)C2CCCCC2)cc1. The fourth-order valence-corrected chi connectivity index (χ4v) is 3.81. The van der Waals surface area contributed by atoms with Gasteiger partial charge in [-0.1, -0.05) is 44.4 Å². The third kappa shape index (κ3) is 5.59. The maximum atomic E-state index is 12.7. The Labute approximate surface area is 173 Å². The molecule has 5 heteroatoms. The van der Waals surface area contributed by atoms with Gasteiger partial charge in [-0.3, -0.25) is 9.59 Å². The molecular weight excluding hydrogens is 364 g/mol. The molecule has 0 radical (unpaired) electrons. The number of hydrogen-bond donors (Lipinski definition) is 1. The van der Waals surface area contributed by atoms with E-state index in [-0.39, 0.29) is 18.4 Å². The summed E-state index contributed by atoms with van der Waals surface area (Å²) < 4.78 is 5.65. The minimum atomic E-state index is -0.227. The predicted octanol–water partition coefficient (Wildman–Crippen LogP) is 4.67. The van der Waals surface area contributed by atoms with E-state index in [0.717, 1.165) is 30.6 Å². The maximum Gasteiger partial charge on any atom is 0.262 e. The van der Waals surface area contributed by atoms with E-state index >= 15 is 0 Å². The van der Waals surface area contributed by atoms with Crippen molar-refractivity contribution in [3.63, 3.8) is 0 Å². The van der Waals surface area contributed by atoms with Gasteiger partial charge in [0.2, 0.25) is 0 Å². The lowest BCUT2D eigenvalue weighted by atomic mass is 9.94. The summed E-state index contributed by atoms with van der Waals surface area (Å²) in [5.41, 5.74) is 2.37. The van der Waals surface area contributed by atoms with Gasteiger partial charge in [0.25, 0.3) is 11.8 Å². The van der Waals surface area contributed by atoms with Crippen molar-refractivity contribution in [2.75, 3.05) is 19.0 Å². The van der Waals surface area contributed by atoms with Gasteiger partial charge in [0, 0.05) is 24.3 Å². The summed E-state index contributed by atoms with van der Waals surface area (Å²) in [6.45, 7) is 2.00. The Bertz CT molecular complexity index is 826. The highest BCUT2D eigenvalue weighted by Crippen LogP contribution is 2.23. The second-order valence-corrected chi connectivity index (χ2v) is 7.58. The summed E-state index contributed by atoms with van der Waals surface area (Å²) in [5.74, 6) is 0.542. The first kappa shape index (κ1) is 20.9. The van der Waals surface area contributed by atoms with Crippen molar-refractivity contribution in [2.45, 2.75) is 51.5 Å². The molecule has 0 heterocycles. The molecule has 1 aliphatic rings. The molecule has 0 saturated heterocycles. The van der Waals surface area contributed by atoms with Crippen molar-refractivity contribution < 1.29 is 14.3 Å². The summed E-state index contributed by atoms with van der Waals surface area (Å²) in [6.07, 6.45) is 6.66. The Balaban J connectivity index is 1.53. The molecule has 154 valence electrons. The number of ether oxygens (including phenoxy) is 1. The second kappa shape index (κ2) is 10.1. The van der Waals surface area contributed by atoms with E-state index < -0.39 is 0 Å². The number of carbonyl (C=O) groups excluding carboxylic acids is 2. The maximum absolute atomic E-state index is 12.7. The summed E-state index contributed by atoms with van der Waals surface area (Å²) in [7, 11) is 1.89. The van der Waals surface area contributed by atoms with Crippen LogP contribution >= 0.6 is 0 Å². The number of para-hydroxylation sites is 1. The lowest BCUT2D eigenvalue weighted by Gasteiger charge is -2.31. The molecule has 1 aliphatic carbocycles. The summed E-state index contributed by atoms with van der Waals surface area (Å²) >= 11 is 0. The third-order valence-corrected chi connectivity index (χ3v) is 5.57. The van der Waals surface area contributed by atoms with Crippen LogP contribution in [0.15, 0.2) is 48.5 Å². The number of nitrogens with one attached hydrogen (secondary N) is 1. The first-order valence-electron chi connectivity index (χ1n) is 10.5. The molecule has 2 aromatic rings. The normalized spacial score (nSPS) is 14.3. The van der Waals surface area contributed by atoms with Crippen molar-refractivity contribution in [1.29, 1.82) is 0 Å². The van der Waals surface area contributed by atoms with Crippen LogP contribution in [0.25, 0.3) is 0 Å². The Morgan fingerprint density at radius 2 is 1.72 bits per heavy atom. The van der Waals surface area contributed by atoms with Crippen LogP contribution in [0.1, 0.15) is 54.9 Å². The van der Waals surface area contributed by atoms with Crippen LogP contribution in [0.4, 0.5) is 5.69 Å². The minimum Gasteiger partial charge on any atom is -0.483 e. The Hall–Kier alpha value is -2.82. The molecule has 2 aromatic carbocycles. The molecular formula is C24H30N2O3. The van der Waals surface area contributed by atoms with Gasteiger partial charge >= 0.3 is 0 Å². The van der Waals surface area contributed by atoms with E-state index in [1.165, 1.54) is 19.3 Å². The van der Waals surface area contributed by atoms with E-state index in [1.807, 2.05) is 36.2 Å². The lowest BCUT2D eigenvalue weighted by Crippen LogP contribution is -2.38. The molecule has 3 rings (SSSR count). The first-order chi connectivity index (χ1) is 14.1. The number of anilines is 1.